The standard InChI is InChI=1S/C6H14N2O2.C4H9NO5S/c7-4-2-1-3-5(8)6(9)10;5-3(4(6)7)1-2-11(8,9)10/h5H,1-4,7-8H2,(H,9,10);3H,1-2,5H2,(H,6,7)(H,8,9,10)/t5-;3-/m00/s1. The number of nitrogens with two attached hydrogens (primary N) is 3. The van der Waals surface area contributed by atoms with Crippen molar-refractivity contribution >= 4 is 22.1 Å². The van der Waals surface area contributed by atoms with Crippen LogP contribution in [0.25, 0.3) is 0 Å². The average molecular weight is 329 g/mol. The second kappa shape index (κ2) is 11.4. The first-order valence-electron chi connectivity index (χ1n) is 6.13. The van der Waals surface area contributed by atoms with Crippen molar-refractivity contribution in [3.05, 3.63) is 0 Å². The van der Waals surface area contributed by atoms with E-state index >= 15 is 0 Å². The molecule has 0 aromatic rings. The molecule has 11 heteroatoms. The predicted molar refractivity (Wildman–Crippen MR) is 75.2 cm³/mol. The van der Waals surface area contributed by atoms with Gasteiger partial charge in [-0.1, -0.05) is 6.42 Å². The molecule has 0 heterocycles. The summed E-state index contributed by atoms with van der Waals surface area (Å²) in [5, 5.41) is 16.5. The molecule has 0 radical (unpaired) electrons. The fourth-order valence-corrected chi connectivity index (χ4v) is 1.58. The largest absolute Gasteiger partial charge is 0.480 e. The zero-order valence-corrected chi connectivity index (χ0v) is 12.3. The lowest BCUT2D eigenvalue weighted by Gasteiger charge is -2.03. The van der Waals surface area contributed by atoms with Crippen molar-refractivity contribution in [2.75, 3.05) is 12.3 Å². The highest BCUT2D eigenvalue weighted by Gasteiger charge is 2.14. The molecule has 0 bridgehead atoms. The molecule has 0 aliphatic rings. The fraction of sp³-hybridized carbons (Fsp3) is 0.800. The molecule has 0 aromatic carbocycles. The normalized spacial score (nSPS) is 13.7. The van der Waals surface area contributed by atoms with Crippen LogP contribution in [0, 0.1) is 0 Å². The third-order valence-corrected chi connectivity index (χ3v) is 3.04. The molecule has 0 saturated carbocycles. The number of carboxylic acid groups (broad SMARTS) is 2. The minimum atomic E-state index is -4.10. The lowest BCUT2D eigenvalue weighted by molar-refractivity contribution is -0.139. The molecule has 2 atom stereocenters. The molecule has 9 N–H and O–H groups in total. The van der Waals surface area contributed by atoms with Crippen LogP contribution in [0.1, 0.15) is 25.7 Å². The molecule has 0 unspecified atom stereocenters. The molecular weight excluding hydrogens is 306 g/mol. The van der Waals surface area contributed by atoms with Crippen molar-refractivity contribution in [1.29, 1.82) is 0 Å². The van der Waals surface area contributed by atoms with Crippen LogP contribution < -0.4 is 17.2 Å². The lowest BCUT2D eigenvalue weighted by atomic mass is 10.1. The topological polar surface area (TPSA) is 207 Å². The van der Waals surface area contributed by atoms with Crippen LogP contribution in [0.4, 0.5) is 0 Å². The van der Waals surface area contributed by atoms with E-state index in [4.69, 9.17) is 32.0 Å². The first-order chi connectivity index (χ1) is 9.51. The number of carboxylic acids is 2. The summed E-state index contributed by atoms with van der Waals surface area (Å²) in [6.07, 6.45) is 1.88. The molecule has 21 heavy (non-hydrogen) atoms. The van der Waals surface area contributed by atoms with Crippen LogP contribution in [0.2, 0.25) is 0 Å². The van der Waals surface area contributed by atoms with E-state index in [1.54, 1.807) is 0 Å². The summed E-state index contributed by atoms with van der Waals surface area (Å²) >= 11 is 0. The Labute approximate surface area is 123 Å². The van der Waals surface area contributed by atoms with E-state index in [1.165, 1.54) is 0 Å². The molecule has 0 aromatic heterocycles. The zero-order valence-electron chi connectivity index (χ0n) is 11.5. The van der Waals surface area contributed by atoms with Gasteiger partial charge in [-0.3, -0.25) is 14.1 Å². The van der Waals surface area contributed by atoms with Gasteiger partial charge < -0.3 is 27.4 Å². The van der Waals surface area contributed by atoms with Crippen molar-refractivity contribution in [1.82, 2.24) is 0 Å². The highest BCUT2D eigenvalue weighted by Crippen LogP contribution is 1.97. The summed E-state index contributed by atoms with van der Waals surface area (Å²) in [4.78, 5) is 20.2. The number of hydrogen-bond acceptors (Lipinski definition) is 7. The van der Waals surface area contributed by atoms with E-state index in [0.29, 0.717) is 13.0 Å². The maximum Gasteiger partial charge on any atom is 0.320 e. The smallest absolute Gasteiger partial charge is 0.320 e. The number of aliphatic carboxylic acids is 2. The maximum atomic E-state index is 10.1. The van der Waals surface area contributed by atoms with E-state index in [2.05, 4.69) is 0 Å². The molecule has 10 nitrogen and oxygen atoms in total. The molecular formula is C10H23N3O7S. The lowest BCUT2D eigenvalue weighted by Crippen LogP contribution is -2.32. The Kier molecular flexibility index (Phi) is 11.9. The van der Waals surface area contributed by atoms with E-state index in [9.17, 15) is 18.0 Å². The van der Waals surface area contributed by atoms with Crippen LogP contribution >= 0.6 is 0 Å². The Hall–Kier alpha value is -1.27. The van der Waals surface area contributed by atoms with Crippen LogP contribution in [0.15, 0.2) is 0 Å². The second-order valence-corrected chi connectivity index (χ2v) is 5.82. The summed E-state index contributed by atoms with van der Waals surface area (Å²) in [5.74, 6) is -2.84. The van der Waals surface area contributed by atoms with E-state index in [0.717, 1.165) is 12.8 Å². The first kappa shape index (κ1) is 22.0. The van der Waals surface area contributed by atoms with Gasteiger partial charge in [0.05, 0.1) is 5.75 Å². The summed E-state index contributed by atoms with van der Waals surface area (Å²) in [6.45, 7) is 0.604. The Morgan fingerprint density at radius 3 is 1.71 bits per heavy atom. The third kappa shape index (κ3) is 16.7. The van der Waals surface area contributed by atoms with Crippen LogP contribution in [0.5, 0.6) is 0 Å². The first-order valence-corrected chi connectivity index (χ1v) is 7.74. The Morgan fingerprint density at radius 1 is 0.952 bits per heavy atom. The summed E-state index contributed by atoms with van der Waals surface area (Å²) < 4.78 is 28.3. The number of unbranched alkanes of at least 4 members (excludes halogenated alkanes) is 1. The van der Waals surface area contributed by atoms with Crippen molar-refractivity contribution in [3.63, 3.8) is 0 Å². The van der Waals surface area contributed by atoms with Crippen molar-refractivity contribution in [3.8, 4) is 0 Å². The van der Waals surface area contributed by atoms with E-state index in [-0.39, 0.29) is 6.42 Å². The summed E-state index contributed by atoms with van der Waals surface area (Å²) in [7, 11) is -4.10. The summed E-state index contributed by atoms with van der Waals surface area (Å²) in [5.41, 5.74) is 15.4. The third-order valence-electron chi connectivity index (χ3n) is 2.29. The number of rotatable bonds is 9. The van der Waals surface area contributed by atoms with Gasteiger partial charge in [-0.25, -0.2) is 0 Å². The highest BCUT2D eigenvalue weighted by atomic mass is 32.2. The number of carbonyl (C=O) groups is 2. The molecule has 0 fully saturated rings. The van der Waals surface area contributed by atoms with E-state index in [1.807, 2.05) is 0 Å². The van der Waals surface area contributed by atoms with E-state index < -0.39 is 39.9 Å². The molecule has 126 valence electrons. The van der Waals surface area contributed by atoms with Gasteiger partial charge in [-0.05, 0) is 25.8 Å². The van der Waals surface area contributed by atoms with Crippen molar-refractivity contribution in [2.24, 2.45) is 17.2 Å². The van der Waals surface area contributed by atoms with Gasteiger partial charge in [0.25, 0.3) is 10.1 Å². The van der Waals surface area contributed by atoms with Gasteiger partial charge in [0, 0.05) is 0 Å². The van der Waals surface area contributed by atoms with Crippen LogP contribution in [-0.4, -0.2) is 59.5 Å². The van der Waals surface area contributed by atoms with Gasteiger partial charge in [-0.15, -0.1) is 0 Å². The second-order valence-electron chi connectivity index (χ2n) is 4.25. The SMILES string of the molecule is NCCCC[C@H](N)C(=O)O.N[C@@H](CCS(=O)(=O)O)C(=O)O. The molecule has 0 rings (SSSR count). The molecule has 0 aliphatic heterocycles. The summed E-state index contributed by atoms with van der Waals surface area (Å²) in [6, 6.07) is -1.96. The van der Waals surface area contributed by atoms with Gasteiger partial charge >= 0.3 is 11.9 Å². The minimum absolute atomic E-state index is 0.284. The van der Waals surface area contributed by atoms with Gasteiger partial charge in [0.15, 0.2) is 0 Å². The predicted octanol–water partition coefficient (Wildman–Crippen LogP) is -1.80. The monoisotopic (exact) mass is 329 g/mol. The Balaban J connectivity index is 0. The average Bonchev–Trinajstić information content (AvgIpc) is 2.35. The minimum Gasteiger partial charge on any atom is -0.480 e. The van der Waals surface area contributed by atoms with Gasteiger partial charge in [0.1, 0.15) is 12.1 Å². The van der Waals surface area contributed by atoms with Gasteiger partial charge in [-0.2, -0.15) is 8.42 Å². The Bertz CT molecular complexity index is 413. The highest BCUT2D eigenvalue weighted by molar-refractivity contribution is 7.85. The molecule has 0 amide bonds. The number of hydrogen-bond donors (Lipinski definition) is 6. The van der Waals surface area contributed by atoms with Gasteiger partial charge in [0.2, 0.25) is 0 Å². The fourth-order valence-electron chi connectivity index (χ4n) is 1.03. The zero-order chi connectivity index (χ0) is 17.1. The van der Waals surface area contributed by atoms with Crippen LogP contribution in [-0.2, 0) is 19.7 Å². The maximum absolute atomic E-state index is 10.1. The van der Waals surface area contributed by atoms with Crippen LogP contribution in [0.3, 0.4) is 0 Å². The molecule has 0 aliphatic carbocycles. The molecule has 0 spiro atoms. The van der Waals surface area contributed by atoms with Crippen molar-refractivity contribution < 1.29 is 32.8 Å². The van der Waals surface area contributed by atoms with Crippen molar-refractivity contribution in [2.45, 2.75) is 37.8 Å². The molecule has 0 saturated heterocycles. The quantitative estimate of drug-likeness (QED) is 0.206. The Morgan fingerprint density at radius 2 is 1.38 bits per heavy atom.